The predicted octanol–water partition coefficient (Wildman–Crippen LogP) is 3.18. The third kappa shape index (κ3) is 2.36. The number of Topliss-reactive ketones (excluding diaryl/α,β-unsaturated/α-hetero) is 1. The summed E-state index contributed by atoms with van der Waals surface area (Å²) in [5.74, 6) is 0.113. The molecule has 0 amide bonds. The second-order valence-corrected chi connectivity index (χ2v) is 5.56. The van der Waals surface area contributed by atoms with Gasteiger partial charge in [0.05, 0.1) is 4.88 Å². The number of aliphatic hydroxyl groups excluding tert-OH is 1. The topological polar surface area (TPSA) is 37.3 Å². The van der Waals surface area contributed by atoms with Gasteiger partial charge in [-0.05, 0) is 42.7 Å². The number of hydrogen-bond donors (Lipinski definition) is 1. The van der Waals surface area contributed by atoms with Crippen LogP contribution in [0.25, 0.3) is 0 Å². The molecule has 1 unspecified atom stereocenters. The van der Waals surface area contributed by atoms with Gasteiger partial charge < -0.3 is 5.11 Å². The van der Waals surface area contributed by atoms with Gasteiger partial charge in [0, 0.05) is 0 Å². The molecule has 1 fully saturated rings. The molecule has 0 aliphatic heterocycles. The fourth-order valence-electron chi connectivity index (χ4n) is 2.42. The van der Waals surface area contributed by atoms with Crippen LogP contribution in [-0.2, 0) is 0 Å². The molecule has 1 aliphatic rings. The number of aryl methyl sites for hydroxylation is 1. The molecule has 1 saturated carbocycles. The van der Waals surface area contributed by atoms with E-state index in [1.807, 2.05) is 18.4 Å². The standard InChI is InChI=1S/C13H18O2S/c1-9-7-8-16-13(9)12(15)11(14)10-5-3-2-4-6-10/h7-8,10-11,14H,2-6H2,1H3. The van der Waals surface area contributed by atoms with Gasteiger partial charge in [-0.2, -0.15) is 0 Å². The Balaban J connectivity index is 2.06. The van der Waals surface area contributed by atoms with Crippen molar-refractivity contribution in [1.29, 1.82) is 0 Å². The maximum Gasteiger partial charge on any atom is 0.201 e. The van der Waals surface area contributed by atoms with Crippen molar-refractivity contribution in [3.8, 4) is 0 Å². The first kappa shape index (κ1) is 11.8. The smallest absolute Gasteiger partial charge is 0.201 e. The molecular weight excluding hydrogens is 220 g/mol. The highest BCUT2D eigenvalue weighted by Gasteiger charge is 2.29. The zero-order chi connectivity index (χ0) is 11.5. The van der Waals surface area contributed by atoms with Gasteiger partial charge in [-0.1, -0.05) is 19.3 Å². The minimum absolute atomic E-state index is 0.0700. The second kappa shape index (κ2) is 5.11. The van der Waals surface area contributed by atoms with Crippen molar-refractivity contribution in [2.75, 3.05) is 0 Å². The van der Waals surface area contributed by atoms with Crippen molar-refractivity contribution in [3.05, 3.63) is 21.9 Å². The van der Waals surface area contributed by atoms with E-state index in [0.717, 1.165) is 36.1 Å². The normalized spacial score (nSPS) is 19.6. The molecule has 0 spiro atoms. The lowest BCUT2D eigenvalue weighted by atomic mass is 9.83. The van der Waals surface area contributed by atoms with Crippen LogP contribution >= 0.6 is 11.3 Å². The van der Waals surface area contributed by atoms with Gasteiger partial charge in [0.25, 0.3) is 0 Å². The first-order chi connectivity index (χ1) is 7.70. The zero-order valence-electron chi connectivity index (χ0n) is 9.61. The van der Waals surface area contributed by atoms with Crippen molar-refractivity contribution in [1.82, 2.24) is 0 Å². The molecule has 88 valence electrons. The van der Waals surface area contributed by atoms with Crippen LogP contribution in [0.5, 0.6) is 0 Å². The zero-order valence-corrected chi connectivity index (χ0v) is 10.4. The Morgan fingerprint density at radius 1 is 1.44 bits per heavy atom. The van der Waals surface area contributed by atoms with Gasteiger partial charge in [0.15, 0.2) is 0 Å². The van der Waals surface area contributed by atoms with Gasteiger partial charge in [0.1, 0.15) is 6.10 Å². The first-order valence-electron chi connectivity index (χ1n) is 5.96. The first-order valence-corrected chi connectivity index (χ1v) is 6.84. The fraction of sp³-hybridized carbons (Fsp3) is 0.615. The molecule has 1 aromatic heterocycles. The van der Waals surface area contributed by atoms with Gasteiger partial charge in [-0.15, -0.1) is 11.3 Å². The van der Waals surface area contributed by atoms with Crippen molar-refractivity contribution < 1.29 is 9.90 Å². The van der Waals surface area contributed by atoms with E-state index in [4.69, 9.17) is 0 Å². The van der Waals surface area contributed by atoms with E-state index in [0.29, 0.717) is 0 Å². The molecule has 0 radical (unpaired) electrons. The quantitative estimate of drug-likeness (QED) is 0.821. The van der Waals surface area contributed by atoms with E-state index < -0.39 is 6.10 Å². The summed E-state index contributed by atoms with van der Waals surface area (Å²) in [4.78, 5) is 12.8. The highest BCUT2D eigenvalue weighted by molar-refractivity contribution is 7.12. The summed E-state index contributed by atoms with van der Waals surface area (Å²) in [6.07, 6.45) is 4.76. The minimum atomic E-state index is -0.780. The monoisotopic (exact) mass is 238 g/mol. The molecule has 0 bridgehead atoms. The van der Waals surface area contributed by atoms with E-state index in [1.54, 1.807) is 0 Å². The van der Waals surface area contributed by atoms with Gasteiger partial charge >= 0.3 is 0 Å². The van der Waals surface area contributed by atoms with Crippen LogP contribution in [-0.4, -0.2) is 17.0 Å². The number of carbonyl (C=O) groups is 1. The summed E-state index contributed by atoms with van der Waals surface area (Å²) < 4.78 is 0. The van der Waals surface area contributed by atoms with Crippen molar-refractivity contribution >= 4 is 17.1 Å². The number of ketones is 1. The predicted molar refractivity (Wildman–Crippen MR) is 66.0 cm³/mol. The summed E-state index contributed by atoms with van der Waals surface area (Å²) in [6.45, 7) is 1.93. The fourth-order valence-corrected chi connectivity index (χ4v) is 3.32. The molecule has 16 heavy (non-hydrogen) atoms. The third-order valence-electron chi connectivity index (χ3n) is 3.45. The summed E-state index contributed by atoms with van der Waals surface area (Å²) in [5, 5.41) is 12.0. The highest BCUT2D eigenvalue weighted by atomic mass is 32.1. The lowest BCUT2D eigenvalue weighted by Gasteiger charge is -2.25. The molecule has 2 rings (SSSR count). The molecular formula is C13H18O2S. The van der Waals surface area contributed by atoms with Crippen LogP contribution in [0, 0.1) is 12.8 Å². The number of thiophene rings is 1. The van der Waals surface area contributed by atoms with E-state index in [2.05, 4.69) is 0 Å². The van der Waals surface area contributed by atoms with Crippen LogP contribution in [0.15, 0.2) is 11.4 Å². The summed E-state index contributed by atoms with van der Waals surface area (Å²) >= 11 is 1.44. The summed E-state index contributed by atoms with van der Waals surface area (Å²) in [6, 6.07) is 1.94. The number of hydrogen-bond acceptors (Lipinski definition) is 3. The Hall–Kier alpha value is -0.670. The Kier molecular flexibility index (Phi) is 3.77. The average Bonchev–Trinajstić information content (AvgIpc) is 2.75. The summed E-state index contributed by atoms with van der Waals surface area (Å²) in [5.41, 5.74) is 0.991. The number of carbonyl (C=O) groups excluding carboxylic acids is 1. The molecule has 0 aromatic carbocycles. The maximum atomic E-state index is 12.1. The van der Waals surface area contributed by atoms with Gasteiger partial charge in [-0.3, -0.25) is 4.79 Å². The molecule has 1 heterocycles. The van der Waals surface area contributed by atoms with Gasteiger partial charge in [-0.25, -0.2) is 0 Å². The van der Waals surface area contributed by atoms with E-state index in [-0.39, 0.29) is 11.7 Å². The molecule has 1 aromatic rings. The van der Waals surface area contributed by atoms with Gasteiger partial charge in [0.2, 0.25) is 5.78 Å². The lowest BCUT2D eigenvalue weighted by molar-refractivity contribution is 0.0538. The Morgan fingerprint density at radius 2 is 2.12 bits per heavy atom. The van der Waals surface area contributed by atoms with Crippen molar-refractivity contribution in [2.24, 2.45) is 5.92 Å². The Labute approximate surface area is 100 Å². The maximum absolute atomic E-state index is 12.1. The van der Waals surface area contributed by atoms with Crippen LogP contribution in [0.4, 0.5) is 0 Å². The largest absolute Gasteiger partial charge is 0.385 e. The van der Waals surface area contributed by atoms with E-state index in [1.165, 1.54) is 17.8 Å². The Bertz CT molecular complexity index is 364. The molecule has 1 aliphatic carbocycles. The Morgan fingerprint density at radius 3 is 2.69 bits per heavy atom. The SMILES string of the molecule is Cc1ccsc1C(=O)C(O)C1CCCCC1. The number of rotatable bonds is 3. The van der Waals surface area contributed by atoms with E-state index in [9.17, 15) is 9.90 Å². The second-order valence-electron chi connectivity index (χ2n) is 4.64. The van der Waals surface area contributed by atoms with Crippen LogP contribution in [0.3, 0.4) is 0 Å². The third-order valence-corrected chi connectivity index (χ3v) is 4.48. The molecule has 1 N–H and O–H groups in total. The van der Waals surface area contributed by atoms with Crippen molar-refractivity contribution in [3.63, 3.8) is 0 Å². The molecule has 3 heteroatoms. The lowest BCUT2D eigenvalue weighted by Crippen LogP contribution is -2.30. The molecule has 2 nitrogen and oxygen atoms in total. The highest BCUT2D eigenvalue weighted by Crippen LogP contribution is 2.29. The molecule has 1 atom stereocenters. The molecule has 0 saturated heterocycles. The van der Waals surface area contributed by atoms with Crippen molar-refractivity contribution in [2.45, 2.75) is 45.1 Å². The van der Waals surface area contributed by atoms with Crippen LogP contribution in [0.1, 0.15) is 47.3 Å². The van der Waals surface area contributed by atoms with Crippen LogP contribution in [0.2, 0.25) is 0 Å². The van der Waals surface area contributed by atoms with E-state index >= 15 is 0 Å². The number of aliphatic hydroxyl groups is 1. The average molecular weight is 238 g/mol. The minimum Gasteiger partial charge on any atom is -0.385 e. The van der Waals surface area contributed by atoms with Crippen LogP contribution < -0.4 is 0 Å². The summed E-state index contributed by atoms with van der Waals surface area (Å²) in [7, 11) is 0.